The van der Waals surface area contributed by atoms with Gasteiger partial charge in [-0.3, -0.25) is 9.59 Å². The topological polar surface area (TPSA) is 74.0 Å². The first kappa shape index (κ1) is 22.8. The van der Waals surface area contributed by atoms with Gasteiger partial charge in [0.25, 0.3) is 5.91 Å². The van der Waals surface area contributed by atoms with Crippen LogP contribution in [0.1, 0.15) is 48.9 Å². The number of hydrogen-bond donors (Lipinski definition) is 3. The van der Waals surface area contributed by atoms with Gasteiger partial charge in [-0.2, -0.15) is 0 Å². The zero-order valence-electron chi connectivity index (χ0n) is 19.4. The number of aromatic nitrogens is 1. The van der Waals surface area contributed by atoms with Gasteiger partial charge < -0.3 is 15.6 Å². The van der Waals surface area contributed by atoms with Crippen molar-refractivity contribution in [2.45, 2.75) is 38.5 Å². The van der Waals surface area contributed by atoms with E-state index >= 15 is 0 Å². The molecule has 0 bridgehead atoms. The summed E-state index contributed by atoms with van der Waals surface area (Å²) in [7, 11) is 0. The Kier molecular flexibility index (Phi) is 6.62. The Balaban J connectivity index is 1.27. The van der Waals surface area contributed by atoms with Crippen LogP contribution in [0.4, 0.5) is 15.8 Å². The van der Waals surface area contributed by atoms with E-state index in [4.69, 9.17) is 0 Å². The number of halogens is 1. The third kappa shape index (κ3) is 5.43. The SMILES string of the molecule is O=C(Nc1ccc(F)cc1)c1ccc2[nH]c(-c3ccc(NC(=O)C4CCCCCC4)cc3)cc2c1. The minimum atomic E-state index is -0.348. The Morgan fingerprint density at radius 1 is 0.771 bits per heavy atom. The number of nitrogens with one attached hydrogen (secondary N) is 3. The smallest absolute Gasteiger partial charge is 0.255 e. The van der Waals surface area contributed by atoms with Crippen LogP contribution in [0.15, 0.2) is 72.8 Å². The van der Waals surface area contributed by atoms with Gasteiger partial charge in [-0.25, -0.2) is 4.39 Å². The van der Waals surface area contributed by atoms with E-state index in [2.05, 4.69) is 15.6 Å². The van der Waals surface area contributed by atoms with Crippen LogP contribution >= 0.6 is 0 Å². The molecule has 1 aliphatic rings. The molecule has 1 saturated carbocycles. The molecule has 0 atom stereocenters. The zero-order valence-corrected chi connectivity index (χ0v) is 19.4. The number of hydrogen-bond acceptors (Lipinski definition) is 2. The number of H-pyrrole nitrogens is 1. The molecule has 2 amide bonds. The van der Waals surface area contributed by atoms with Crippen molar-refractivity contribution in [2.24, 2.45) is 5.92 Å². The number of fused-ring (bicyclic) bond motifs is 1. The number of rotatable bonds is 5. The first-order valence-corrected chi connectivity index (χ1v) is 12.2. The van der Waals surface area contributed by atoms with Crippen molar-refractivity contribution in [3.8, 4) is 11.3 Å². The van der Waals surface area contributed by atoms with Gasteiger partial charge in [0, 0.05) is 39.5 Å². The first-order valence-electron chi connectivity index (χ1n) is 12.2. The van der Waals surface area contributed by atoms with E-state index in [9.17, 15) is 14.0 Å². The number of anilines is 2. The van der Waals surface area contributed by atoms with E-state index in [1.807, 2.05) is 42.5 Å². The maximum atomic E-state index is 13.1. The van der Waals surface area contributed by atoms with E-state index in [-0.39, 0.29) is 23.5 Å². The van der Waals surface area contributed by atoms with Crippen LogP contribution in [-0.2, 0) is 4.79 Å². The fourth-order valence-corrected chi connectivity index (χ4v) is 4.68. The van der Waals surface area contributed by atoms with Crippen molar-refractivity contribution < 1.29 is 14.0 Å². The van der Waals surface area contributed by atoms with Gasteiger partial charge >= 0.3 is 0 Å². The predicted octanol–water partition coefficient (Wildman–Crippen LogP) is 7.14. The lowest BCUT2D eigenvalue weighted by atomic mass is 9.99. The lowest BCUT2D eigenvalue weighted by Crippen LogP contribution is -2.22. The van der Waals surface area contributed by atoms with Gasteiger partial charge in [0.1, 0.15) is 5.82 Å². The maximum absolute atomic E-state index is 13.1. The normalized spacial score (nSPS) is 14.4. The number of amides is 2. The van der Waals surface area contributed by atoms with Crippen molar-refractivity contribution in [3.63, 3.8) is 0 Å². The molecule has 4 aromatic rings. The number of aromatic amines is 1. The summed E-state index contributed by atoms with van der Waals surface area (Å²) in [4.78, 5) is 28.7. The average Bonchev–Trinajstić information content (AvgIpc) is 3.10. The Morgan fingerprint density at radius 2 is 1.43 bits per heavy atom. The van der Waals surface area contributed by atoms with E-state index in [0.717, 1.165) is 53.5 Å². The summed E-state index contributed by atoms with van der Waals surface area (Å²) in [6.45, 7) is 0. The van der Waals surface area contributed by atoms with Gasteiger partial charge in [0.05, 0.1) is 0 Å². The number of benzene rings is 3. The summed E-state index contributed by atoms with van der Waals surface area (Å²) >= 11 is 0. The molecule has 0 spiro atoms. The van der Waals surface area contributed by atoms with Gasteiger partial charge in [0.2, 0.25) is 5.91 Å². The molecule has 6 heteroatoms. The van der Waals surface area contributed by atoms with Crippen LogP contribution in [0, 0.1) is 11.7 Å². The second-order valence-electron chi connectivity index (χ2n) is 9.20. The summed E-state index contributed by atoms with van der Waals surface area (Å²) < 4.78 is 13.1. The van der Waals surface area contributed by atoms with Gasteiger partial charge in [-0.05, 0) is 79.1 Å². The molecule has 5 nitrogen and oxygen atoms in total. The standard InChI is InChI=1S/C29H28FN3O2/c30-23-10-14-25(15-11-23)32-29(35)21-9-16-26-22(17-21)18-27(33-26)19-7-12-24(13-8-19)31-28(34)20-5-3-1-2-4-6-20/h7-18,20,33H,1-6H2,(H,31,34)(H,32,35). The van der Waals surface area contributed by atoms with Crippen LogP contribution < -0.4 is 10.6 Å². The summed E-state index contributed by atoms with van der Waals surface area (Å²) in [5.74, 6) is -0.369. The van der Waals surface area contributed by atoms with Crippen LogP contribution in [-0.4, -0.2) is 16.8 Å². The van der Waals surface area contributed by atoms with Gasteiger partial charge in [-0.15, -0.1) is 0 Å². The van der Waals surface area contributed by atoms with Crippen molar-refractivity contribution >= 4 is 34.1 Å². The zero-order chi connectivity index (χ0) is 24.2. The highest BCUT2D eigenvalue weighted by Gasteiger charge is 2.20. The van der Waals surface area contributed by atoms with Gasteiger partial charge in [-0.1, -0.05) is 37.8 Å². The lowest BCUT2D eigenvalue weighted by Gasteiger charge is -2.14. The molecule has 3 N–H and O–H groups in total. The Bertz CT molecular complexity index is 1330. The van der Waals surface area contributed by atoms with Crippen molar-refractivity contribution in [2.75, 3.05) is 10.6 Å². The van der Waals surface area contributed by atoms with E-state index in [1.54, 1.807) is 6.07 Å². The molecule has 0 radical (unpaired) electrons. The molecule has 5 rings (SSSR count). The molecular formula is C29H28FN3O2. The predicted molar refractivity (Wildman–Crippen MR) is 138 cm³/mol. The highest BCUT2D eigenvalue weighted by Crippen LogP contribution is 2.28. The van der Waals surface area contributed by atoms with Crippen LogP contribution in [0.2, 0.25) is 0 Å². The summed E-state index contributed by atoms with van der Waals surface area (Å²) in [6.07, 6.45) is 6.67. The highest BCUT2D eigenvalue weighted by molar-refractivity contribution is 6.06. The Hall–Kier alpha value is -3.93. The molecule has 1 aliphatic carbocycles. The summed E-state index contributed by atoms with van der Waals surface area (Å²) in [5.41, 5.74) is 4.70. The number of carbonyl (C=O) groups excluding carboxylic acids is 2. The lowest BCUT2D eigenvalue weighted by molar-refractivity contribution is -0.120. The second kappa shape index (κ2) is 10.1. The molecule has 1 fully saturated rings. The van der Waals surface area contributed by atoms with Crippen LogP contribution in [0.5, 0.6) is 0 Å². The summed E-state index contributed by atoms with van der Waals surface area (Å²) in [5, 5.41) is 6.77. The van der Waals surface area contributed by atoms with Crippen LogP contribution in [0.25, 0.3) is 22.2 Å². The monoisotopic (exact) mass is 469 g/mol. The van der Waals surface area contributed by atoms with Crippen molar-refractivity contribution in [1.29, 1.82) is 0 Å². The quantitative estimate of drug-likeness (QED) is 0.272. The minimum absolute atomic E-state index is 0.111. The average molecular weight is 470 g/mol. The second-order valence-corrected chi connectivity index (χ2v) is 9.20. The Labute approximate surface area is 203 Å². The van der Waals surface area contributed by atoms with Gasteiger partial charge in [0.15, 0.2) is 0 Å². The van der Waals surface area contributed by atoms with Crippen LogP contribution in [0.3, 0.4) is 0 Å². The molecular weight excluding hydrogens is 441 g/mol. The van der Waals surface area contributed by atoms with E-state index in [1.165, 1.54) is 37.1 Å². The highest BCUT2D eigenvalue weighted by atomic mass is 19.1. The van der Waals surface area contributed by atoms with Crippen molar-refractivity contribution in [3.05, 3.63) is 84.2 Å². The molecule has 0 aliphatic heterocycles. The molecule has 1 heterocycles. The largest absolute Gasteiger partial charge is 0.355 e. The molecule has 0 unspecified atom stereocenters. The fraction of sp³-hybridized carbons (Fsp3) is 0.241. The third-order valence-electron chi connectivity index (χ3n) is 6.67. The molecule has 1 aromatic heterocycles. The van der Waals surface area contributed by atoms with E-state index in [0.29, 0.717) is 11.3 Å². The Morgan fingerprint density at radius 3 is 2.14 bits per heavy atom. The molecule has 3 aromatic carbocycles. The summed E-state index contributed by atoms with van der Waals surface area (Å²) in [6, 6.07) is 21.0. The molecule has 35 heavy (non-hydrogen) atoms. The molecule has 0 saturated heterocycles. The maximum Gasteiger partial charge on any atom is 0.255 e. The first-order chi connectivity index (χ1) is 17.0. The van der Waals surface area contributed by atoms with Crippen molar-refractivity contribution in [1.82, 2.24) is 4.98 Å². The third-order valence-corrected chi connectivity index (χ3v) is 6.67. The fourth-order valence-electron chi connectivity index (χ4n) is 4.68. The number of carbonyl (C=O) groups is 2. The minimum Gasteiger partial charge on any atom is -0.355 e. The molecule has 178 valence electrons. The van der Waals surface area contributed by atoms with E-state index < -0.39 is 0 Å².